The third-order valence-electron chi connectivity index (χ3n) is 1.72. The van der Waals surface area contributed by atoms with Gasteiger partial charge in [-0.1, -0.05) is 29.5 Å². The molecule has 0 radical (unpaired) electrons. The maximum Gasteiger partial charge on any atom is 0.114 e. The Morgan fingerprint density at radius 1 is 1.80 bits per heavy atom. The van der Waals surface area contributed by atoms with Crippen molar-refractivity contribution >= 4 is 22.6 Å². The summed E-state index contributed by atoms with van der Waals surface area (Å²) in [7, 11) is 0. The molecule has 1 rings (SSSR count). The molecule has 0 aromatic heterocycles. The first-order chi connectivity index (χ1) is 4.68. The van der Waals surface area contributed by atoms with Gasteiger partial charge in [0.05, 0.1) is 0 Å². The van der Waals surface area contributed by atoms with E-state index in [0.717, 1.165) is 19.5 Å². The second kappa shape index (κ2) is 3.85. The van der Waals surface area contributed by atoms with Crippen LogP contribution < -0.4 is 0 Å². The van der Waals surface area contributed by atoms with Gasteiger partial charge in [0.2, 0.25) is 0 Å². The van der Waals surface area contributed by atoms with E-state index in [0.29, 0.717) is 10.5 Å². The smallest absolute Gasteiger partial charge is 0.114 e. The molecule has 0 bridgehead atoms. The lowest BCUT2D eigenvalue weighted by molar-refractivity contribution is 0.292. The predicted molar refractivity (Wildman–Crippen MR) is 49.4 cm³/mol. The van der Waals surface area contributed by atoms with Crippen molar-refractivity contribution in [2.75, 3.05) is 19.6 Å². The molecule has 1 unspecified atom stereocenters. The van der Waals surface area contributed by atoms with Crippen LogP contribution in [0.15, 0.2) is 0 Å². The highest BCUT2D eigenvalue weighted by atomic mass is 127. The fourth-order valence-electron chi connectivity index (χ4n) is 1.31. The second-order valence-electron chi connectivity index (χ2n) is 2.93. The number of hydrogen-bond donors (Lipinski definition) is 0. The van der Waals surface area contributed by atoms with Crippen molar-refractivity contribution < 1.29 is 4.39 Å². The van der Waals surface area contributed by atoms with Crippen molar-refractivity contribution in [1.29, 1.82) is 0 Å². The van der Waals surface area contributed by atoms with Crippen LogP contribution in [0.25, 0.3) is 0 Å². The molecule has 1 fully saturated rings. The molecule has 0 saturated carbocycles. The highest BCUT2D eigenvalue weighted by molar-refractivity contribution is 14.1. The van der Waals surface area contributed by atoms with Crippen LogP contribution >= 0.6 is 22.6 Å². The Hall–Kier alpha value is 0.620. The summed E-state index contributed by atoms with van der Waals surface area (Å²) in [6.45, 7) is 4.81. The van der Waals surface area contributed by atoms with Gasteiger partial charge in [-0.3, -0.25) is 4.90 Å². The molecule has 10 heavy (non-hydrogen) atoms. The SMILES string of the molecule is CC(I)CN1CC[C@H](F)C1. The molecule has 60 valence electrons. The summed E-state index contributed by atoms with van der Waals surface area (Å²) in [6, 6.07) is 0. The minimum atomic E-state index is -0.560. The normalized spacial score (nSPS) is 30.9. The van der Waals surface area contributed by atoms with Gasteiger partial charge in [0.25, 0.3) is 0 Å². The molecule has 0 N–H and O–H groups in total. The summed E-state index contributed by atoms with van der Waals surface area (Å²) in [5, 5.41) is 0. The monoisotopic (exact) mass is 257 g/mol. The summed E-state index contributed by atoms with van der Waals surface area (Å²) in [4.78, 5) is 2.20. The van der Waals surface area contributed by atoms with Crippen molar-refractivity contribution in [3.05, 3.63) is 0 Å². The van der Waals surface area contributed by atoms with Crippen LogP contribution in [0.3, 0.4) is 0 Å². The third-order valence-corrected chi connectivity index (χ3v) is 2.12. The van der Waals surface area contributed by atoms with E-state index in [1.165, 1.54) is 0 Å². The Labute approximate surface area is 75.1 Å². The van der Waals surface area contributed by atoms with Gasteiger partial charge in [0.1, 0.15) is 6.17 Å². The highest BCUT2D eigenvalue weighted by Crippen LogP contribution is 2.13. The quantitative estimate of drug-likeness (QED) is 0.539. The van der Waals surface area contributed by atoms with E-state index in [9.17, 15) is 4.39 Å². The number of rotatable bonds is 2. The first kappa shape index (κ1) is 8.71. The molecule has 1 nitrogen and oxygen atoms in total. The Morgan fingerprint density at radius 3 is 2.90 bits per heavy atom. The molecule has 2 atom stereocenters. The summed E-state index contributed by atoms with van der Waals surface area (Å²) >= 11 is 2.38. The van der Waals surface area contributed by atoms with Crippen molar-refractivity contribution in [2.24, 2.45) is 0 Å². The molecule has 0 aliphatic carbocycles. The first-order valence-electron chi connectivity index (χ1n) is 3.69. The average Bonchev–Trinajstić information content (AvgIpc) is 2.13. The molecule has 1 aliphatic rings. The van der Waals surface area contributed by atoms with Crippen molar-refractivity contribution in [1.82, 2.24) is 4.90 Å². The maximum absolute atomic E-state index is 12.6. The Morgan fingerprint density at radius 2 is 2.50 bits per heavy atom. The van der Waals surface area contributed by atoms with Gasteiger partial charge in [-0.2, -0.15) is 0 Å². The van der Waals surface area contributed by atoms with Crippen LogP contribution in [-0.2, 0) is 0 Å². The standard InChI is InChI=1S/C7H13FIN/c1-6(9)4-10-3-2-7(8)5-10/h6-7H,2-5H2,1H3/t6?,7-/m0/s1. The lowest BCUT2D eigenvalue weighted by Gasteiger charge is -2.15. The topological polar surface area (TPSA) is 3.24 Å². The number of alkyl halides is 2. The summed E-state index contributed by atoms with van der Waals surface area (Å²) in [6.07, 6.45) is 0.179. The van der Waals surface area contributed by atoms with Crippen LogP contribution in [0.4, 0.5) is 4.39 Å². The minimum absolute atomic E-state index is 0.560. The fraction of sp³-hybridized carbons (Fsp3) is 1.00. The second-order valence-corrected chi connectivity index (χ2v) is 5.05. The van der Waals surface area contributed by atoms with Gasteiger partial charge in [-0.05, 0) is 6.42 Å². The molecule has 0 amide bonds. The van der Waals surface area contributed by atoms with Gasteiger partial charge in [0, 0.05) is 23.6 Å². The van der Waals surface area contributed by atoms with E-state index in [1.807, 2.05) is 0 Å². The van der Waals surface area contributed by atoms with Gasteiger partial charge in [0.15, 0.2) is 0 Å². The summed E-state index contributed by atoms with van der Waals surface area (Å²) < 4.78 is 13.2. The molecule has 1 aliphatic heterocycles. The van der Waals surface area contributed by atoms with E-state index < -0.39 is 6.17 Å². The zero-order chi connectivity index (χ0) is 7.56. The van der Waals surface area contributed by atoms with Crippen LogP contribution in [0, 0.1) is 0 Å². The lowest BCUT2D eigenvalue weighted by Crippen LogP contribution is -2.26. The van der Waals surface area contributed by atoms with E-state index in [-0.39, 0.29) is 0 Å². The average molecular weight is 257 g/mol. The van der Waals surface area contributed by atoms with Crippen molar-refractivity contribution in [3.8, 4) is 0 Å². The minimum Gasteiger partial charge on any atom is -0.299 e. The maximum atomic E-state index is 12.6. The Bertz CT molecular complexity index is 108. The fourth-order valence-corrected chi connectivity index (χ4v) is 1.86. The van der Waals surface area contributed by atoms with Gasteiger partial charge in [-0.25, -0.2) is 4.39 Å². The van der Waals surface area contributed by atoms with Crippen LogP contribution in [0.2, 0.25) is 0 Å². The number of likely N-dealkylation sites (tertiary alicyclic amines) is 1. The number of halogens is 2. The zero-order valence-corrected chi connectivity index (χ0v) is 8.34. The molecular formula is C7H13FIN. The summed E-state index contributed by atoms with van der Waals surface area (Å²) in [5.41, 5.74) is 0. The van der Waals surface area contributed by atoms with Crippen molar-refractivity contribution in [3.63, 3.8) is 0 Å². The highest BCUT2D eigenvalue weighted by Gasteiger charge is 2.21. The van der Waals surface area contributed by atoms with E-state index in [1.54, 1.807) is 0 Å². The molecule has 1 heterocycles. The largest absolute Gasteiger partial charge is 0.299 e. The molecule has 1 saturated heterocycles. The predicted octanol–water partition coefficient (Wildman–Crippen LogP) is 1.85. The number of nitrogens with zero attached hydrogens (tertiary/aromatic N) is 1. The van der Waals surface area contributed by atoms with Gasteiger partial charge in [-0.15, -0.1) is 0 Å². The van der Waals surface area contributed by atoms with E-state index in [4.69, 9.17) is 0 Å². The van der Waals surface area contributed by atoms with E-state index >= 15 is 0 Å². The van der Waals surface area contributed by atoms with Crippen LogP contribution in [0.5, 0.6) is 0 Å². The van der Waals surface area contributed by atoms with E-state index in [2.05, 4.69) is 34.4 Å². The molecule has 3 heteroatoms. The molecule has 0 aromatic carbocycles. The zero-order valence-electron chi connectivity index (χ0n) is 6.19. The van der Waals surface area contributed by atoms with Crippen LogP contribution in [0.1, 0.15) is 13.3 Å². The molecule has 0 aromatic rings. The molecular weight excluding hydrogens is 244 g/mol. The van der Waals surface area contributed by atoms with Crippen molar-refractivity contribution in [2.45, 2.75) is 23.4 Å². The summed E-state index contributed by atoms with van der Waals surface area (Å²) in [5.74, 6) is 0. The van der Waals surface area contributed by atoms with Crippen LogP contribution in [-0.4, -0.2) is 34.6 Å². The molecule has 0 spiro atoms. The van der Waals surface area contributed by atoms with Gasteiger partial charge >= 0.3 is 0 Å². The Balaban J connectivity index is 2.18. The Kier molecular flexibility index (Phi) is 3.36. The first-order valence-corrected chi connectivity index (χ1v) is 4.93. The lowest BCUT2D eigenvalue weighted by atomic mass is 10.3. The van der Waals surface area contributed by atoms with Gasteiger partial charge < -0.3 is 0 Å². The number of hydrogen-bond acceptors (Lipinski definition) is 1. The third kappa shape index (κ3) is 2.70.